The van der Waals surface area contributed by atoms with Crippen molar-refractivity contribution in [2.24, 2.45) is 0 Å². The molecule has 0 unspecified atom stereocenters. The number of methoxy groups -OCH3 is 3. The van der Waals surface area contributed by atoms with Crippen LogP contribution < -0.4 is 45.1 Å². The van der Waals surface area contributed by atoms with E-state index in [0.717, 1.165) is 16.7 Å². The van der Waals surface area contributed by atoms with E-state index in [1.807, 2.05) is 24.3 Å². The number of anilines is 1. The largest absolute Gasteiger partial charge is 0.493 e. The van der Waals surface area contributed by atoms with Crippen LogP contribution in [0.3, 0.4) is 0 Å². The van der Waals surface area contributed by atoms with Gasteiger partial charge in [0.1, 0.15) is 6.04 Å². The maximum atomic E-state index is 13.6. The van der Waals surface area contributed by atoms with Gasteiger partial charge in [-0.2, -0.15) is 0 Å². The first kappa shape index (κ1) is 29.6. The van der Waals surface area contributed by atoms with Crippen molar-refractivity contribution in [1.82, 2.24) is 10.6 Å². The molecule has 0 spiro atoms. The summed E-state index contributed by atoms with van der Waals surface area (Å²) in [5.41, 5.74) is 3.78. The summed E-state index contributed by atoms with van der Waals surface area (Å²) in [5, 5.41) is 8.95. The van der Waals surface area contributed by atoms with Crippen molar-refractivity contribution in [2.75, 3.05) is 33.4 Å². The highest BCUT2D eigenvalue weighted by Crippen LogP contribution is 2.50. The monoisotopic (exact) mass is 589 g/mol. The van der Waals surface area contributed by atoms with Gasteiger partial charge in [-0.25, -0.2) is 0 Å². The number of fused-ring (bicyclic) bond motifs is 4. The molecule has 11 nitrogen and oxygen atoms in total. The number of benzene rings is 2. The van der Waals surface area contributed by atoms with Crippen LogP contribution in [-0.4, -0.2) is 46.0 Å². The SMILES string of the molecule is COc1cc2c(c(OC)c1OC)-c1ccc(N[C@@H](C)C(=O)NCc3ccc4c(c3)OCO4)c(=O)cc1[C@@H](NC(C)=O)CC2. The summed E-state index contributed by atoms with van der Waals surface area (Å²) in [5.74, 6) is 2.21. The van der Waals surface area contributed by atoms with E-state index < -0.39 is 12.1 Å². The number of amides is 2. The van der Waals surface area contributed by atoms with Crippen molar-refractivity contribution in [3.8, 4) is 39.9 Å². The first-order valence-corrected chi connectivity index (χ1v) is 13.9. The van der Waals surface area contributed by atoms with Gasteiger partial charge in [0.15, 0.2) is 23.0 Å². The molecule has 0 saturated heterocycles. The van der Waals surface area contributed by atoms with Crippen molar-refractivity contribution < 1.29 is 33.3 Å². The lowest BCUT2D eigenvalue weighted by Gasteiger charge is -2.19. The minimum atomic E-state index is -0.721. The van der Waals surface area contributed by atoms with E-state index in [9.17, 15) is 14.4 Å². The molecule has 11 heteroatoms. The Morgan fingerprint density at radius 2 is 1.74 bits per heavy atom. The summed E-state index contributed by atoms with van der Waals surface area (Å²) >= 11 is 0. The average Bonchev–Trinajstić information content (AvgIpc) is 3.35. The van der Waals surface area contributed by atoms with Crippen LogP contribution in [0.2, 0.25) is 0 Å². The number of nitrogens with one attached hydrogen (secondary N) is 3. The second-order valence-corrected chi connectivity index (χ2v) is 10.4. The maximum Gasteiger partial charge on any atom is 0.242 e. The molecule has 3 aromatic rings. The van der Waals surface area contributed by atoms with Gasteiger partial charge in [0.25, 0.3) is 0 Å². The molecule has 3 aromatic carbocycles. The van der Waals surface area contributed by atoms with Gasteiger partial charge < -0.3 is 39.6 Å². The third kappa shape index (κ3) is 6.01. The van der Waals surface area contributed by atoms with Crippen LogP contribution in [0.25, 0.3) is 11.1 Å². The second-order valence-electron chi connectivity index (χ2n) is 10.4. The van der Waals surface area contributed by atoms with E-state index >= 15 is 0 Å². The first-order valence-electron chi connectivity index (χ1n) is 13.9. The zero-order valence-electron chi connectivity index (χ0n) is 24.8. The third-order valence-electron chi connectivity index (χ3n) is 7.59. The molecule has 2 aliphatic rings. The highest BCUT2D eigenvalue weighted by Gasteiger charge is 2.29. The Bertz CT molecular complexity index is 1620. The molecule has 1 heterocycles. The van der Waals surface area contributed by atoms with Crippen molar-refractivity contribution >= 4 is 17.5 Å². The third-order valence-corrected chi connectivity index (χ3v) is 7.59. The lowest BCUT2D eigenvalue weighted by molar-refractivity contribution is -0.122. The number of carbonyl (C=O) groups excluding carboxylic acids is 2. The molecule has 43 heavy (non-hydrogen) atoms. The smallest absolute Gasteiger partial charge is 0.242 e. The summed E-state index contributed by atoms with van der Waals surface area (Å²) in [6, 6.07) is 11.2. The van der Waals surface area contributed by atoms with Gasteiger partial charge in [-0.1, -0.05) is 12.1 Å². The maximum absolute atomic E-state index is 13.6. The Hall–Kier alpha value is -4.93. The number of carbonyl (C=O) groups is 2. The molecule has 3 N–H and O–H groups in total. The van der Waals surface area contributed by atoms with Gasteiger partial charge in [-0.3, -0.25) is 14.4 Å². The van der Waals surface area contributed by atoms with Gasteiger partial charge in [0.2, 0.25) is 29.8 Å². The standard InChI is InChI=1S/C32H35N3O8/c1-17(32(38)33-15-19-6-11-26-27(12-19)43-16-42-26)34-24-10-8-21-22(14-25(24)37)23(35-18(2)36)9-7-20-13-28(39-3)30(40-4)31(41-5)29(20)21/h6,8,10-14,17,23H,7,9,15-16H2,1-5H3,(H,33,38)(H,34,37)(H,35,36)/t17-,23-/m0/s1. The zero-order valence-corrected chi connectivity index (χ0v) is 24.8. The average molecular weight is 590 g/mol. The minimum Gasteiger partial charge on any atom is -0.493 e. The number of hydrogen-bond donors (Lipinski definition) is 3. The molecule has 1 aliphatic carbocycles. The van der Waals surface area contributed by atoms with Gasteiger partial charge in [-0.15, -0.1) is 0 Å². The van der Waals surface area contributed by atoms with Crippen molar-refractivity contribution in [2.45, 2.75) is 45.3 Å². The number of rotatable bonds is 9. The highest BCUT2D eigenvalue weighted by molar-refractivity contribution is 5.85. The van der Waals surface area contributed by atoms with Crippen LogP contribution in [0.15, 0.2) is 47.3 Å². The fraction of sp³-hybridized carbons (Fsp3) is 0.344. The summed E-state index contributed by atoms with van der Waals surface area (Å²) < 4.78 is 27.8. The molecule has 0 fully saturated rings. The summed E-state index contributed by atoms with van der Waals surface area (Å²) in [4.78, 5) is 38.7. The van der Waals surface area contributed by atoms with E-state index in [2.05, 4.69) is 16.0 Å². The quantitative estimate of drug-likeness (QED) is 0.342. The van der Waals surface area contributed by atoms with Crippen LogP contribution in [0.5, 0.6) is 28.7 Å². The lowest BCUT2D eigenvalue weighted by atomic mass is 9.95. The summed E-state index contributed by atoms with van der Waals surface area (Å²) in [6.45, 7) is 3.58. The van der Waals surface area contributed by atoms with Crippen LogP contribution >= 0.6 is 0 Å². The highest BCUT2D eigenvalue weighted by atomic mass is 16.7. The molecule has 226 valence electrons. The first-order chi connectivity index (χ1) is 20.7. The van der Waals surface area contributed by atoms with Gasteiger partial charge >= 0.3 is 0 Å². The molecule has 0 saturated carbocycles. The van der Waals surface area contributed by atoms with E-state index in [4.69, 9.17) is 23.7 Å². The molecule has 1 aliphatic heterocycles. The topological polar surface area (TPSA) is 133 Å². The summed E-state index contributed by atoms with van der Waals surface area (Å²) in [6.07, 6.45) is 1.14. The molecule has 2 amide bonds. The number of ether oxygens (including phenoxy) is 5. The van der Waals surface area contributed by atoms with Crippen LogP contribution in [0.4, 0.5) is 5.69 Å². The van der Waals surface area contributed by atoms with E-state index in [1.165, 1.54) is 20.1 Å². The molecule has 0 radical (unpaired) electrons. The second kappa shape index (κ2) is 12.5. The van der Waals surface area contributed by atoms with Crippen LogP contribution in [-0.2, 0) is 22.6 Å². The van der Waals surface area contributed by atoms with Gasteiger partial charge in [0.05, 0.1) is 33.1 Å². The molecular formula is C32H35N3O8. The Kier molecular flexibility index (Phi) is 8.61. The summed E-state index contributed by atoms with van der Waals surface area (Å²) in [7, 11) is 4.64. The molecule has 2 atom stereocenters. The van der Waals surface area contributed by atoms with E-state index in [1.54, 1.807) is 33.3 Å². The Morgan fingerprint density at radius 3 is 2.47 bits per heavy atom. The molecular weight excluding hydrogens is 554 g/mol. The normalized spacial score (nSPS) is 15.2. The Labute approximate surface area is 249 Å². The fourth-order valence-electron chi connectivity index (χ4n) is 5.52. The van der Waals surface area contributed by atoms with E-state index in [0.29, 0.717) is 52.7 Å². The van der Waals surface area contributed by atoms with Crippen molar-refractivity contribution in [3.05, 3.63) is 69.4 Å². The van der Waals surface area contributed by atoms with Crippen molar-refractivity contribution in [1.29, 1.82) is 0 Å². The molecule has 5 rings (SSSR count). The number of hydrogen-bond acceptors (Lipinski definition) is 9. The number of aryl methyl sites for hydroxylation is 1. The van der Waals surface area contributed by atoms with Gasteiger partial charge in [-0.05, 0) is 72.4 Å². The van der Waals surface area contributed by atoms with Crippen molar-refractivity contribution in [3.63, 3.8) is 0 Å². The van der Waals surface area contributed by atoms with Crippen LogP contribution in [0, 0.1) is 0 Å². The molecule has 0 bridgehead atoms. The Morgan fingerprint density at radius 1 is 0.977 bits per heavy atom. The predicted molar refractivity (Wildman–Crippen MR) is 160 cm³/mol. The van der Waals surface area contributed by atoms with E-state index in [-0.39, 0.29) is 36.3 Å². The van der Waals surface area contributed by atoms with Crippen LogP contribution in [0.1, 0.15) is 43.0 Å². The zero-order chi connectivity index (χ0) is 30.7. The molecule has 0 aromatic heterocycles. The van der Waals surface area contributed by atoms with Gasteiger partial charge in [0, 0.05) is 19.0 Å². The fourth-order valence-corrected chi connectivity index (χ4v) is 5.52. The predicted octanol–water partition coefficient (Wildman–Crippen LogP) is 3.71. The minimum absolute atomic E-state index is 0.174. The Balaban J connectivity index is 1.47. The lowest BCUT2D eigenvalue weighted by Crippen LogP contribution is -2.38.